The van der Waals surface area contributed by atoms with Gasteiger partial charge in [0.2, 0.25) is 0 Å². The van der Waals surface area contributed by atoms with E-state index in [-0.39, 0.29) is 19.0 Å². The summed E-state index contributed by atoms with van der Waals surface area (Å²) in [6.45, 7) is 0.244. The molecule has 20 heavy (non-hydrogen) atoms. The maximum atomic E-state index is 12.5. The highest BCUT2D eigenvalue weighted by Gasteiger charge is 2.33. The summed E-state index contributed by atoms with van der Waals surface area (Å²) in [5, 5.41) is 20.9. The Morgan fingerprint density at radius 1 is 1.20 bits per heavy atom. The number of amides is 1. The van der Waals surface area contributed by atoms with Crippen LogP contribution in [-0.2, 0) is 0 Å². The zero-order chi connectivity index (χ0) is 14.3. The molecule has 2 aromatic rings. The molecule has 2 N–H and O–H groups in total. The second-order valence-electron chi connectivity index (χ2n) is 4.85. The van der Waals surface area contributed by atoms with Crippen LogP contribution in [0.5, 0.6) is 0 Å². The number of carbonyl (C=O) groups excluding carboxylic acids is 1. The van der Waals surface area contributed by atoms with Gasteiger partial charge in [-0.25, -0.2) is 4.98 Å². The van der Waals surface area contributed by atoms with Crippen molar-refractivity contribution >= 4 is 28.3 Å². The summed E-state index contributed by atoms with van der Waals surface area (Å²) < 4.78 is 0. The molecule has 1 aliphatic rings. The van der Waals surface area contributed by atoms with E-state index in [9.17, 15) is 15.0 Å². The summed E-state index contributed by atoms with van der Waals surface area (Å²) in [6, 6.07) is 7.25. The minimum atomic E-state index is -0.898. The predicted octanol–water partition coefficient (Wildman–Crippen LogP) is 1.07. The molecule has 0 saturated carbocycles. The van der Waals surface area contributed by atoms with Gasteiger partial charge < -0.3 is 15.1 Å². The fourth-order valence-electron chi connectivity index (χ4n) is 2.43. The summed E-state index contributed by atoms with van der Waals surface area (Å²) in [4.78, 5) is 17.9. The van der Waals surface area contributed by atoms with Crippen LogP contribution in [-0.4, -0.2) is 51.3 Å². The number of pyridine rings is 1. The van der Waals surface area contributed by atoms with Crippen LogP contribution in [0.15, 0.2) is 30.5 Å². The van der Waals surface area contributed by atoms with Crippen molar-refractivity contribution in [3.05, 3.63) is 41.2 Å². The average Bonchev–Trinajstić information content (AvgIpc) is 2.79. The van der Waals surface area contributed by atoms with Crippen molar-refractivity contribution in [2.45, 2.75) is 12.2 Å². The van der Waals surface area contributed by atoms with Crippen molar-refractivity contribution in [3.63, 3.8) is 0 Å². The number of aromatic nitrogens is 1. The van der Waals surface area contributed by atoms with E-state index in [2.05, 4.69) is 4.98 Å². The lowest BCUT2D eigenvalue weighted by Gasteiger charge is -2.16. The van der Waals surface area contributed by atoms with E-state index in [1.807, 2.05) is 12.1 Å². The van der Waals surface area contributed by atoms with Crippen LogP contribution in [0.2, 0.25) is 5.15 Å². The van der Waals surface area contributed by atoms with E-state index in [1.165, 1.54) is 11.1 Å². The molecule has 2 unspecified atom stereocenters. The molecular weight excluding hydrogens is 280 g/mol. The quantitative estimate of drug-likeness (QED) is 0.771. The van der Waals surface area contributed by atoms with Crippen LogP contribution in [0, 0.1) is 0 Å². The molecule has 1 fully saturated rings. The topological polar surface area (TPSA) is 73.7 Å². The summed E-state index contributed by atoms with van der Waals surface area (Å²) in [6.07, 6.45) is -0.361. The van der Waals surface area contributed by atoms with Gasteiger partial charge in [-0.15, -0.1) is 0 Å². The monoisotopic (exact) mass is 292 g/mol. The molecule has 0 aliphatic carbocycles. The lowest BCUT2D eigenvalue weighted by molar-refractivity contribution is 0.0572. The minimum absolute atomic E-state index is 0.122. The van der Waals surface area contributed by atoms with Gasteiger partial charge in [-0.2, -0.15) is 0 Å². The Bertz CT molecular complexity index is 667. The zero-order valence-electron chi connectivity index (χ0n) is 10.5. The van der Waals surface area contributed by atoms with Crippen molar-refractivity contribution in [1.82, 2.24) is 9.88 Å². The Balaban J connectivity index is 2.03. The van der Waals surface area contributed by atoms with Crippen molar-refractivity contribution in [2.75, 3.05) is 13.1 Å². The molecule has 0 radical (unpaired) electrons. The number of benzene rings is 1. The Labute approximate surface area is 120 Å². The highest BCUT2D eigenvalue weighted by atomic mass is 35.5. The highest BCUT2D eigenvalue weighted by molar-refractivity contribution is 6.34. The number of likely N-dealkylation sites (tertiary alicyclic amines) is 1. The summed E-state index contributed by atoms with van der Waals surface area (Å²) in [5.74, 6) is -0.263. The maximum Gasteiger partial charge on any atom is 0.256 e. The molecule has 1 aromatic heterocycles. The third kappa shape index (κ3) is 2.14. The van der Waals surface area contributed by atoms with E-state index in [0.29, 0.717) is 21.5 Å². The lowest BCUT2D eigenvalue weighted by atomic mass is 10.1. The number of aliphatic hydroxyl groups is 2. The molecule has 1 aromatic carbocycles. The molecule has 1 saturated heterocycles. The lowest BCUT2D eigenvalue weighted by Crippen LogP contribution is -2.30. The molecule has 1 amide bonds. The van der Waals surface area contributed by atoms with Crippen LogP contribution in [0.3, 0.4) is 0 Å². The first-order valence-corrected chi connectivity index (χ1v) is 6.64. The van der Waals surface area contributed by atoms with Gasteiger partial charge in [0.05, 0.1) is 17.8 Å². The fraction of sp³-hybridized carbons (Fsp3) is 0.286. The molecule has 1 aliphatic heterocycles. The van der Waals surface area contributed by atoms with Crippen molar-refractivity contribution < 1.29 is 15.0 Å². The predicted molar refractivity (Wildman–Crippen MR) is 74.7 cm³/mol. The van der Waals surface area contributed by atoms with E-state index in [0.717, 1.165) is 0 Å². The van der Waals surface area contributed by atoms with Gasteiger partial charge in [0.15, 0.2) is 0 Å². The number of halogens is 1. The van der Waals surface area contributed by atoms with Crippen LogP contribution in [0.1, 0.15) is 10.4 Å². The van der Waals surface area contributed by atoms with Gasteiger partial charge in [-0.05, 0) is 5.39 Å². The van der Waals surface area contributed by atoms with Crippen LogP contribution in [0.25, 0.3) is 10.8 Å². The Kier molecular flexibility index (Phi) is 3.33. The Hall–Kier alpha value is -1.69. The van der Waals surface area contributed by atoms with Gasteiger partial charge in [0.25, 0.3) is 5.91 Å². The maximum absolute atomic E-state index is 12.5. The Morgan fingerprint density at radius 3 is 2.45 bits per heavy atom. The number of carbonyl (C=O) groups is 1. The summed E-state index contributed by atoms with van der Waals surface area (Å²) >= 11 is 6.02. The molecule has 3 rings (SSSR count). The molecule has 104 valence electrons. The van der Waals surface area contributed by atoms with Crippen molar-refractivity contribution in [3.8, 4) is 0 Å². The number of β-amino-alcohol motifs (C(OH)–C–C–N with tert-alkyl or cyclic N) is 2. The average molecular weight is 293 g/mol. The Morgan fingerprint density at radius 2 is 1.80 bits per heavy atom. The molecular formula is C14H13ClN2O3. The van der Waals surface area contributed by atoms with E-state index < -0.39 is 12.2 Å². The smallest absolute Gasteiger partial charge is 0.256 e. The van der Waals surface area contributed by atoms with Crippen LogP contribution < -0.4 is 0 Å². The van der Waals surface area contributed by atoms with Gasteiger partial charge in [-0.1, -0.05) is 35.9 Å². The standard InChI is InChI=1S/C14H13ClN2O3/c15-13-9-4-2-1-3-8(9)10(5-16-13)14(20)17-6-11(18)12(19)7-17/h1-5,11-12,18-19H,6-7H2. The van der Waals surface area contributed by atoms with Gasteiger partial charge in [-0.3, -0.25) is 4.79 Å². The van der Waals surface area contributed by atoms with Gasteiger partial charge in [0, 0.05) is 24.7 Å². The van der Waals surface area contributed by atoms with Crippen LogP contribution >= 0.6 is 11.6 Å². The highest BCUT2D eigenvalue weighted by Crippen LogP contribution is 2.26. The second-order valence-corrected chi connectivity index (χ2v) is 5.21. The van der Waals surface area contributed by atoms with Gasteiger partial charge in [0.1, 0.15) is 5.15 Å². The third-order valence-corrected chi connectivity index (χ3v) is 3.82. The number of aliphatic hydroxyl groups excluding tert-OH is 2. The zero-order valence-corrected chi connectivity index (χ0v) is 11.3. The summed E-state index contributed by atoms with van der Waals surface area (Å²) in [5.41, 5.74) is 0.423. The molecule has 6 heteroatoms. The first-order chi connectivity index (χ1) is 9.58. The molecule has 0 spiro atoms. The third-order valence-electron chi connectivity index (χ3n) is 3.52. The van der Waals surface area contributed by atoms with Crippen LogP contribution in [0.4, 0.5) is 0 Å². The molecule has 0 bridgehead atoms. The first kappa shape index (κ1) is 13.3. The number of rotatable bonds is 1. The number of hydrogen-bond acceptors (Lipinski definition) is 4. The van der Waals surface area contributed by atoms with Crippen molar-refractivity contribution in [2.24, 2.45) is 0 Å². The van der Waals surface area contributed by atoms with E-state index in [4.69, 9.17) is 11.6 Å². The second kappa shape index (κ2) is 5.01. The van der Waals surface area contributed by atoms with E-state index >= 15 is 0 Å². The molecule has 2 atom stereocenters. The summed E-state index contributed by atoms with van der Waals surface area (Å²) in [7, 11) is 0. The minimum Gasteiger partial charge on any atom is -0.388 e. The molecule has 2 heterocycles. The number of fused-ring (bicyclic) bond motifs is 1. The van der Waals surface area contributed by atoms with Gasteiger partial charge >= 0.3 is 0 Å². The number of hydrogen-bond donors (Lipinski definition) is 2. The normalized spacial score (nSPS) is 22.4. The SMILES string of the molecule is O=C(c1cnc(Cl)c2ccccc12)N1CC(O)C(O)C1. The van der Waals surface area contributed by atoms with Crippen molar-refractivity contribution in [1.29, 1.82) is 0 Å². The first-order valence-electron chi connectivity index (χ1n) is 6.26. The molecule has 5 nitrogen and oxygen atoms in total. The van der Waals surface area contributed by atoms with E-state index in [1.54, 1.807) is 12.1 Å². The largest absolute Gasteiger partial charge is 0.388 e. The fourth-order valence-corrected chi connectivity index (χ4v) is 2.65. The number of nitrogens with zero attached hydrogens (tertiary/aromatic N) is 2.